The molecule has 7 heteroatoms. The molecule has 1 fully saturated rings. The molecule has 7 nitrogen and oxygen atoms in total. The van der Waals surface area contributed by atoms with Crippen LogP contribution in [0.4, 0.5) is 5.95 Å². The van der Waals surface area contributed by atoms with Crippen molar-refractivity contribution in [3.63, 3.8) is 0 Å². The number of piperidine rings is 1. The number of ketones is 1. The Labute approximate surface area is 153 Å². The quantitative estimate of drug-likeness (QED) is 0.782. The molecule has 1 aliphatic heterocycles. The van der Waals surface area contributed by atoms with Gasteiger partial charge in [-0.15, -0.1) is 0 Å². The van der Waals surface area contributed by atoms with Crippen molar-refractivity contribution in [1.29, 1.82) is 0 Å². The average molecular weight is 353 g/mol. The molecule has 0 aromatic carbocycles. The molecule has 1 saturated heterocycles. The molecular weight excluding hydrogens is 330 g/mol. The Morgan fingerprint density at radius 1 is 1.27 bits per heavy atom. The Balaban J connectivity index is 1.75. The summed E-state index contributed by atoms with van der Waals surface area (Å²) in [4.78, 5) is 41.8. The average Bonchev–Trinajstić information content (AvgIpc) is 2.67. The van der Waals surface area contributed by atoms with Crippen LogP contribution in [0.2, 0.25) is 0 Å². The van der Waals surface area contributed by atoms with Crippen LogP contribution in [0.1, 0.15) is 39.3 Å². The van der Waals surface area contributed by atoms with Crippen LogP contribution in [0.3, 0.4) is 0 Å². The third-order valence-electron chi connectivity index (χ3n) is 4.62. The summed E-state index contributed by atoms with van der Waals surface area (Å²) in [7, 11) is 3.71. The van der Waals surface area contributed by atoms with E-state index in [2.05, 4.69) is 15.0 Å². The van der Waals surface area contributed by atoms with Crippen LogP contribution in [-0.4, -0.2) is 58.7 Å². The maximum Gasteiger partial charge on any atom is 0.257 e. The normalized spacial score (nSPS) is 17.0. The minimum absolute atomic E-state index is 0.0477. The Hall–Kier alpha value is -2.83. The number of hydrogen-bond donors (Lipinski definition) is 0. The Bertz CT molecular complexity index is 807. The SMILES string of the molecule is Cc1nc(N(C)C)ncc1C(=O)N1CCC[C@@H](C(=O)c2cccnc2)C1. The molecule has 1 atom stereocenters. The number of Topliss-reactive ketones (excluding diaryl/α,β-unsaturated/α-hetero) is 1. The number of nitrogens with zero attached hydrogens (tertiary/aromatic N) is 5. The summed E-state index contributed by atoms with van der Waals surface area (Å²) < 4.78 is 0. The number of pyridine rings is 1. The Morgan fingerprint density at radius 2 is 2.08 bits per heavy atom. The van der Waals surface area contributed by atoms with Crippen LogP contribution >= 0.6 is 0 Å². The first kappa shape index (κ1) is 18.0. The summed E-state index contributed by atoms with van der Waals surface area (Å²) in [6.07, 6.45) is 6.39. The summed E-state index contributed by atoms with van der Waals surface area (Å²) in [6, 6.07) is 3.53. The molecular formula is C19H23N5O2. The Morgan fingerprint density at radius 3 is 2.73 bits per heavy atom. The summed E-state index contributed by atoms with van der Waals surface area (Å²) in [5.41, 5.74) is 1.74. The summed E-state index contributed by atoms with van der Waals surface area (Å²) in [5.74, 6) is 0.310. The molecule has 0 spiro atoms. The lowest BCUT2D eigenvalue weighted by Gasteiger charge is -2.32. The zero-order chi connectivity index (χ0) is 18.7. The number of carbonyl (C=O) groups is 2. The van der Waals surface area contributed by atoms with Gasteiger partial charge in [0.05, 0.1) is 11.3 Å². The minimum atomic E-state index is -0.195. The fourth-order valence-electron chi connectivity index (χ4n) is 3.17. The molecule has 0 bridgehead atoms. The predicted molar refractivity (Wildman–Crippen MR) is 98.3 cm³/mol. The fraction of sp³-hybridized carbons (Fsp3) is 0.421. The van der Waals surface area contributed by atoms with Gasteiger partial charge in [0.1, 0.15) is 0 Å². The van der Waals surface area contributed by atoms with Crippen LogP contribution in [0.15, 0.2) is 30.7 Å². The number of anilines is 1. The second-order valence-electron chi connectivity index (χ2n) is 6.76. The maximum absolute atomic E-state index is 12.9. The number of amides is 1. The van der Waals surface area contributed by atoms with Gasteiger partial charge in [-0.05, 0) is 31.9 Å². The standard InChI is InChI=1S/C19H23N5O2/c1-13-16(11-21-19(22-13)23(2)3)18(26)24-9-5-7-15(12-24)17(25)14-6-4-8-20-10-14/h4,6,8,10-11,15H,5,7,9,12H2,1-3H3/t15-/m1/s1. The minimum Gasteiger partial charge on any atom is -0.347 e. The highest BCUT2D eigenvalue weighted by atomic mass is 16.2. The van der Waals surface area contributed by atoms with E-state index in [9.17, 15) is 9.59 Å². The van der Waals surface area contributed by atoms with Crippen LogP contribution in [0.25, 0.3) is 0 Å². The first-order chi connectivity index (χ1) is 12.5. The lowest BCUT2D eigenvalue weighted by atomic mass is 9.90. The van der Waals surface area contributed by atoms with Gasteiger partial charge in [-0.3, -0.25) is 14.6 Å². The van der Waals surface area contributed by atoms with Crippen LogP contribution in [0, 0.1) is 12.8 Å². The fourth-order valence-corrected chi connectivity index (χ4v) is 3.17. The van der Waals surface area contributed by atoms with Gasteiger partial charge in [-0.1, -0.05) is 0 Å². The van der Waals surface area contributed by atoms with Crippen LogP contribution in [-0.2, 0) is 0 Å². The van der Waals surface area contributed by atoms with Gasteiger partial charge in [0.2, 0.25) is 5.95 Å². The highest BCUT2D eigenvalue weighted by molar-refractivity contribution is 5.99. The zero-order valence-electron chi connectivity index (χ0n) is 15.3. The highest BCUT2D eigenvalue weighted by Gasteiger charge is 2.30. The molecule has 26 heavy (non-hydrogen) atoms. The number of likely N-dealkylation sites (tertiary alicyclic amines) is 1. The highest BCUT2D eigenvalue weighted by Crippen LogP contribution is 2.23. The molecule has 1 aliphatic rings. The van der Waals surface area contributed by atoms with Crippen LogP contribution < -0.4 is 4.90 Å². The van der Waals surface area contributed by atoms with Gasteiger partial charge in [0, 0.05) is 57.3 Å². The first-order valence-electron chi connectivity index (χ1n) is 8.72. The van der Waals surface area contributed by atoms with Gasteiger partial charge >= 0.3 is 0 Å². The van der Waals surface area contributed by atoms with Gasteiger partial charge in [0.25, 0.3) is 5.91 Å². The van der Waals surface area contributed by atoms with Crippen molar-refractivity contribution in [3.05, 3.63) is 47.5 Å². The van der Waals surface area contributed by atoms with Gasteiger partial charge in [-0.25, -0.2) is 9.97 Å². The number of carbonyl (C=O) groups excluding carboxylic acids is 2. The molecule has 3 rings (SSSR count). The van der Waals surface area contributed by atoms with E-state index in [1.54, 1.807) is 40.5 Å². The van der Waals surface area contributed by atoms with E-state index in [0.717, 1.165) is 12.8 Å². The number of rotatable bonds is 4. The smallest absolute Gasteiger partial charge is 0.257 e. The molecule has 136 valence electrons. The van der Waals surface area contributed by atoms with E-state index in [-0.39, 0.29) is 17.6 Å². The van der Waals surface area contributed by atoms with Crippen molar-refractivity contribution >= 4 is 17.6 Å². The molecule has 2 aromatic rings. The molecule has 0 N–H and O–H groups in total. The molecule has 0 radical (unpaired) electrons. The molecule has 3 heterocycles. The summed E-state index contributed by atoms with van der Waals surface area (Å²) in [6.45, 7) is 2.87. The largest absolute Gasteiger partial charge is 0.347 e. The van der Waals surface area contributed by atoms with E-state index in [4.69, 9.17) is 0 Å². The Kier molecular flexibility index (Phi) is 5.25. The molecule has 1 amide bonds. The van der Waals surface area contributed by atoms with E-state index >= 15 is 0 Å². The second kappa shape index (κ2) is 7.59. The molecule has 0 saturated carbocycles. The predicted octanol–water partition coefficient (Wildman–Crippen LogP) is 1.98. The monoisotopic (exact) mass is 353 g/mol. The first-order valence-corrected chi connectivity index (χ1v) is 8.72. The van der Waals surface area contributed by atoms with Crippen LogP contribution in [0.5, 0.6) is 0 Å². The summed E-state index contributed by atoms with van der Waals surface area (Å²) >= 11 is 0. The van der Waals surface area contributed by atoms with Gasteiger partial charge in [-0.2, -0.15) is 0 Å². The van der Waals surface area contributed by atoms with Gasteiger partial charge in [0.15, 0.2) is 5.78 Å². The third kappa shape index (κ3) is 3.71. The van der Waals surface area contributed by atoms with Gasteiger partial charge < -0.3 is 9.80 Å². The summed E-state index contributed by atoms with van der Waals surface area (Å²) in [5, 5.41) is 0. The molecule has 0 aliphatic carbocycles. The lowest BCUT2D eigenvalue weighted by molar-refractivity contribution is 0.0635. The van der Waals surface area contributed by atoms with E-state index in [1.165, 1.54) is 0 Å². The topological polar surface area (TPSA) is 79.3 Å². The van der Waals surface area contributed by atoms with Crippen molar-refractivity contribution in [2.45, 2.75) is 19.8 Å². The van der Waals surface area contributed by atoms with Crippen molar-refractivity contribution in [3.8, 4) is 0 Å². The third-order valence-corrected chi connectivity index (χ3v) is 4.62. The van der Waals surface area contributed by atoms with Crippen molar-refractivity contribution in [1.82, 2.24) is 19.9 Å². The maximum atomic E-state index is 12.9. The number of hydrogen-bond acceptors (Lipinski definition) is 6. The van der Waals surface area contributed by atoms with Crippen molar-refractivity contribution < 1.29 is 9.59 Å². The molecule has 2 aromatic heterocycles. The second-order valence-corrected chi connectivity index (χ2v) is 6.76. The molecule has 0 unspecified atom stereocenters. The van der Waals surface area contributed by atoms with E-state index in [1.807, 2.05) is 21.0 Å². The lowest BCUT2D eigenvalue weighted by Crippen LogP contribution is -2.42. The number of aryl methyl sites for hydroxylation is 1. The number of aromatic nitrogens is 3. The van der Waals surface area contributed by atoms with Crippen molar-refractivity contribution in [2.75, 3.05) is 32.1 Å². The van der Waals surface area contributed by atoms with Crippen molar-refractivity contribution in [2.24, 2.45) is 5.92 Å². The van der Waals surface area contributed by atoms with E-state index in [0.29, 0.717) is 35.9 Å². The zero-order valence-corrected chi connectivity index (χ0v) is 15.3. The van der Waals surface area contributed by atoms with E-state index < -0.39 is 0 Å².